The van der Waals surface area contributed by atoms with Gasteiger partial charge in [0.15, 0.2) is 10.3 Å². The number of aliphatic carboxylic acids is 1. The normalized spacial score (nSPS) is 10.4. The fraction of sp³-hybridized carbons (Fsp3) is 0.100. The topological polar surface area (TPSA) is 79.2 Å². The molecule has 3 aromatic rings. The molecular weight excluding hydrogens is 392 g/mol. The van der Waals surface area contributed by atoms with E-state index < -0.39 is 5.97 Å². The minimum Gasteiger partial charge on any atom is -0.480 e. The number of hydrogen-bond acceptors (Lipinski definition) is 7. The third-order valence-corrected chi connectivity index (χ3v) is 5.19. The molecule has 0 saturated carbocycles. The van der Waals surface area contributed by atoms with E-state index in [1.165, 1.54) is 23.5 Å². The van der Waals surface area contributed by atoms with Crippen LogP contribution < -0.4 is 4.90 Å². The summed E-state index contributed by atoms with van der Waals surface area (Å²) in [5.41, 5.74) is 0. The maximum Gasteiger partial charge on any atom is 0.323 e. The van der Waals surface area contributed by atoms with Crippen molar-refractivity contribution in [2.45, 2.75) is 20.1 Å². The van der Waals surface area contributed by atoms with Crippen molar-refractivity contribution in [3.8, 4) is 0 Å². The quantitative estimate of drug-likeness (QED) is 0.525. The van der Waals surface area contributed by atoms with Gasteiger partial charge >= 0.3 is 5.97 Å². The van der Waals surface area contributed by atoms with E-state index in [1.807, 2.05) is 60.7 Å². The Morgan fingerprint density at radius 1 is 0.929 bits per heavy atom. The molecule has 3 rings (SSSR count). The van der Waals surface area contributed by atoms with E-state index in [0.717, 1.165) is 9.79 Å². The van der Waals surface area contributed by atoms with Crippen LogP contribution >= 0.6 is 23.5 Å². The molecule has 0 fully saturated rings. The van der Waals surface area contributed by atoms with E-state index in [0.29, 0.717) is 22.8 Å². The first-order valence-electron chi connectivity index (χ1n) is 8.43. The van der Waals surface area contributed by atoms with Gasteiger partial charge in [0.05, 0.1) is 0 Å². The smallest absolute Gasteiger partial charge is 0.323 e. The molecule has 0 radical (unpaired) electrons. The Labute approximate surface area is 171 Å². The Morgan fingerprint density at radius 2 is 1.43 bits per heavy atom. The average Bonchev–Trinajstić information content (AvgIpc) is 2.69. The van der Waals surface area contributed by atoms with Crippen molar-refractivity contribution in [3.63, 3.8) is 0 Å². The number of anilines is 1. The lowest BCUT2D eigenvalue weighted by atomic mass is 10.4. The third-order valence-electron chi connectivity index (χ3n) is 3.45. The summed E-state index contributed by atoms with van der Waals surface area (Å²) in [6.07, 6.45) is 1.63. The van der Waals surface area contributed by atoms with Crippen LogP contribution in [-0.2, 0) is 4.79 Å². The second-order valence-corrected chi connectivity index (χ2v) is 7.68. The highest BCUT2D eigenvalue weighted by Gasteiger charge is 2.16. The van der Waals surface area contributed by atoms with Gasteiger partial charge in [-0.25, -0.2) is 0 Å². The highest BCUT2D eigenvalue weighted by atomic mass is 32.2. The fourth-order valence-corrected chi connectivity index (χ4v) is 3.87. The third kappa shape index (κ3) is 5.83. The number of nitrogens with zero attached hydrogens (tertiary/aromatic N) is 4. The van der Waals surface area contributed by atoms with Crippen molar-refractivity contribution in [2.75, 3.05) is 18.0 Å². The summed E-state index contributed by atoms with van der Waals surface area (Å²) in [7, 11) is 0. The molecule has 28 heavy (non-hydrogen) atoms. The van der Waals surface area contributed by atoms with Crippen LogP contribution in [0.2, 0.25) is 0 Å². The Bertz CT molecular complexity index is 880. The van der Waals surface area contributed by atoms with Crippen LogP contribution in [0.3, 0.4) is 0 Å². The summed E-state index contributed by atoms with van der Waals surface area (Å²) in [6.45, 7) is 3.80. The Hall–Kier alpha value is -2.84. The first kappa shape index (κ1) is 19.9. The van der Waals surface area contributed by atoms with E-state index in [1.54, 1.807) is 11.0 Å². The summed E-state index contributed by atoms with van der Waals surface area (Å²) in [5.74, 6) is -0.647. The van der Waals surface area contributed by atoms with Crippen LogP contribution in [0.25, 0.3) is 0 Å². The molecule has 1 N–H and O–H groups in total. The molecular formula is C20H18N4O2S2. The Kier molecular flexibility index (Phi) is 7.05. The molecule has 0 atom stereocenters. The zero-order valence-electron chi connectivity index (χ0n) is 14.9. The molecule has 0 spiro atoms. The molecule has 0 bridgehead atoms. The monoisotopic (exact) mass is 410 g/mol. The minimum absolute atomic E-state index is 0.221. The number of benzene rings is 2. The Morgan fingerprint density at radius 3 is 1.86 bits per heavy atom. The standard InChI is InChI=1S/C20H18N4O2S2/c1-2-13-24(14-17(25)26)18-21-19(27-15-9-5-3-6-10-15)23-20(22-18)28-16-11-7-4-8-12-16/h2-12H,1,13-14H2,(H,25,26). The first-order chi connectivity index (χ1) is 13.6. The molecule has 0 aliphatic rings. The number of carbonyl (C=O) groups is 1. The predicted octanol–water partition coefficient (Wildman–Crippen LogP) is 4.25. The van der Waals surface area contributed by atoms with Gasteiger partial charge in [0, 0.05) is 16.3 Å². The van der Waals surface area contributed by atoms with E-state index in [9.17, 15) is 9.90 Å². The van der Waals surface area contributed by atoms with Crippen LogP contribution in [0.5, 0.6) is 0 Å². The molecule has 6 nitrogen and oxygen atoms in total. The lowest BCUT2D eigenvalue weighted by Gasteiger charge is -2.19. The van der Waals surface area contributed by atoms with E-state index in [2.05, 4.69) is 21.5 Å². The van der Waals surface area contributed by atoms with E-state index in [4.69, 9.17) is 0 Å². The maximum atomic E-state index is 11.3. The van der Waals surface area contributed by atoms with Crippen LogP contribution in [-0.4, -0.2) is 39.1 Å². The molecule has 8 heteroatoms. The van der Waals surface area contributed by atoms with Gasteiger partial charge in [0.25, 0.3) is 0 Å². The van der Waals surface area contributed by atoms with Gasteiger partial charge in [0.2, 0.25) is 5.95 Å². The molecule has 0 unspecified atom stereocenters. The van der Waals surface area contributed by atoms with E-state index in [-0.39, 0.29) is 6.54 Å². The van der Waals surface area contributed by atoms with Crippen molar-refractivity contribution < 1.29 is 9.90 Å². The van der Waals surface area contributed by atoms with Crippen molar-refractivity contribution >= 4 is 35.4 Å². The maximum absolute atomic E-state index is 11.3. The van der Waals surface area contributed by atoms with E-state index >= 15 is 0 Å². The van der Waals surface area contributed by atoms with Gasteiger partial charge in [-0.3, -0.25) is 4.79 Å². The van der Waals surface area contributed by atoms with Crippen molar-refractivity contribution in [2.24, 2.45) is 0 Å². The van der Waals surface area contributed by atoms with Crippen LogP contribution in [0.1, 0.15) is 0 Å². The average molecular weight is 411 g/mol. The SMILES string of the molecule is C=CCN(CC(=O)O)c1nc(Sc2ccccc2)nc(Sc2ccccc2)n1. The summed E-state index contributed by atoms with van der Waals surface area (Å²) in [4.78, 5) is 28.3. The summed E-state index contributed by atoms with van der Waals surface area (Å²) in [6, 6.07) is 19.5. The van der Waals surface area contributed by atoms with Gasteiger partial charge in [-0.2, -0.15) is 15.0 Å². The van der Waals surface area contributed by atoms with Gasteiger partial charge in [-0.1, -0.05) is 42.5 Å². The summed E-state index contributed by atoms with van der Waals surface area (Å²) >= 11 is 2.81. The zero-order chi connectivity index (χ0) is 19.8. The number of hydrogen-bond donors (Lipinski definition) is 1. The molecule has 0 aliphatic carbocycles. The van der Waals surface area contributed by atoms with Crippen molar-refractivity contribution in [3.05, 3.63) is 73.3 Å². The summed E-state index contributed by atoms with van der Waals surface area (Å²) < 4.78 is 0. The van der Waals surface area contributed by atoms with Gasteiger partial charge in [-0.05, 0) is 47.8 Å². The number of carboxylic acid groups (broad SMARTS) is 1. The minimum atomic E-state index is -0.961. The molecule has 2 aromatic carbocycles. The molecule has 0 saturated heterocycles. The predicted molar refractivity (Wildman–Crippen MR) is 111 cm³/mol. The van der Waals surface area contributed by atoms with Gasteiger partial charge in [-0.15, -0.1) is 6.58 Å². The molecule has 0 aliphatic heterocycles. The van der Waals surface area contributed by atoms with Gasteiger partial charge in [0.1, 0.15) is 6.54 Å². The van der Waals surface area contributed by atoms with Crippen LogP contribution in [0.4, 0.5) is 5.95 Å². The summed E-state index contributed by atoms with van der Waals surface area (Å²) in [5, 5.41) is 10.2. The molecule has 142 valence electrons. The molecule has 0 amide bonds. The number of rotatable bonds is 9. The number of aromatic nitrogens is 3. The Balaban J connectivity index is 1.96. The fourth-order valence-electron chi connectivity index (χ4n) is 2.28. The van der Waals surface area contributed by atoms with Crippen LogP contribution in [0.15, 0.2) is 93.4 Å². The lowest BCUT2D eigenvalue weighted by molar-refractivity contribution is -0.135. The molecule has 1 heterocycles. The van der Waals surface area contributed by atoms with Crippen molar-refractivity contribution in [1.29, 1.82) is 0 Å². The highest BCUT2D eigenvalue weighted by Crippen LogP contribution is 2.30. The van der Waals surface area contributed by atoms with Gasteiger partial charge < -0.3 is 10.0 Å². The number of carboxylic acids is 1. The lowest BCUT2D eigenvalue weighted by Crippen LogP contribution is -2.31. The largest absolute Gasteiger partial charge is 0.480 e. The second kappa shape index (κ2) is 9.91. The van der Waals surface area contributed by atoms with Crippen LogP contribution in [0, 0.1) is 0 Å². The second-order valence-electron chi connectivity index (χ2n) is 5.59. The molecule has 1 aromatic heterocycles. The first-order valence-corrected chi connectivity index (χ1v) is 10.1. The van der Waals surface area contributed by atoms with Crippen molar-refractivity contribution in [1.82, 2.24) is 15.0 Å². The highest BCUT2D eigenvalue weighted by molar-refractivity contribution is 7.99. The zero-order valence-corrected chi connectivity index (χ0v) is 16.6.